The highest BCUT2D eigenvalue weighted by Crippen LogP contribution is 2.25. The SMILES string of the molecule is COCCn1cc(NC(=O)CC2CCCCC2N)cn1. The van der Waals surface area contributed by atoms with Crippen LogP contribution in [0.25, 0.3) is 0 Å². The minimum absolute atomic E-state index is 0.0265. The van der Waals surface area contributed by atoms with Crippen LogP contribution in [0.3, 0.4) is 0 Å². The number of hydrogen-bond acceptors (Lipinski definition) is 4. The van der Waals surface area contributed by atoms with E-state index in [0.717, 1.165) is 18.5 Å². The lowest BCUT2D eigenvalue weighted by Crippen LogP contribution is -2.35. The van der Waals surface area contributed by atoms with Gasteiger partial charge in [-0.05, 0) is 18.8 Å². The van der Waals surface area contributed by atoms with Gasteiger partial charge in [-0.1, -0.05) is 12.8 Å². The topological polar surface area (TPSA) is 82.2 Å². The number of nitrogens with zero attached hydrogens (tertiary/aromatic N) is 2. The molecule has 0 aliphatic heterocycles. The molecule has 1 heterocycles. The van der Waals surface area contributed by atoms with Gasteiger partial charge in [-0.25, -0.2) is 0 Å². The van der Waals surface area contributed by atoms with Crippen molar-refractivity contribution in [2.75, 3.05) is 19.0 Å². The van der Waals surface area contributed by atoms with Crippen LogP contribution < -0.4 is 11.1 Å². The van der Waals surface area contributed by atoms with E-state index in [1.165, 1.54) is 12.8 Å². The van der Waals surface area contributed by atoms with Crippen molar-refractivity contribution in [3.63, 3.8) is 0 Å². The maximum absolute atomic E-state index is 12.0. The molecule has 1 amide bonds. The van der Waals surface area contributed by atoms with Gasteiger partial charge in [-0.15, -0.1) is 0 Å². The van der Waals surface area contributed by atoms with E-state index in [1.54, 1.807) is 18.0 Å². The second kappa shape index (κ2) is 7.40. The zero-order valence-electron chi connectivity index (χ0n) is 12.0. The number of aromatic nitrogens is 2. The standard InChI is InChI=1S/C14H24N4O2/c1-20-7-6-18-10-12(9-16-18)17-14(19)8-11-4-2-3-5-13(11)15/h9-11,13H,2-8,15H2,1H3,(H,17,19). The summed E-state index contributed by atoms with van der Waals surface area (Å²) in [6.07, 6.45) is 8.44. The van der Waals surface area contributed by atoms with E-state index in [4.69, 9.17) is 10.5 Å². The summed E-state index contributed by atoms with van der Waals surface area (Å²) >= 11 is 0. The van der Waals surface area contributed by atoms with Gasteiger partial charge in [0.2, 0.25) is 5.91 Å². The molecule has 1 saturated carbocycles. The van der Waals surface area contributed by atoms with Crippen LogP contribution >= 0.6 is 0 Å². The van der Waals surface area contributed by atoms with Crippen molar-refractivity contribution < 1.29 is 9.53 Å². The van der Waals surface area contributed by atoms with Gasteiger partial charge in [-0.2, -0.15) is 5.10 Å². The first kappa shape index (κ1) is 15.0. The molecule has 0 saturated heterocycles. The largest absolute Gasteiger partial charge is 0.383 e. The molecule has 0 radical (unpaired) electrons. The monoisotopic (exact) mass is 280 g/mol. The highest BCUT2D eigenvalue weighted by atomic mass is 16.5. The van der Waals surface area contributed by atoms with Crippen molar-refractivity contribution in [3.05, 3.63) is 12.4 Å². The highest BCUT2D eigenvalue weighted by molar-refractivity contribution is 5.90. The quantitative estimate of drug-likeness (QED) is 0.824. The van der Waals surface area contributed by atoms with Crippen molar-refractivity contribution >= 4 is 11.6 Å². The molecule has 1 aliphatic rings. The molecule has 20 heavy (non-hydrogen) atoms. The van der Waals surface area contributed by atoms with Crippen molar-refractivity contribution in [2.45, 2.75) is 44.7 Å². The van der Waals surface area contributed by atoms with E-state index in [9.17, 15) is 4.79 Å². The maximum atomic E-state index is 12.0. The Labute approximate surface area is 119 Å². The van der Waals surface area contributed by atoms with Crippen LogP contribution in [-0.2, 0) is 16.1 Å². The zero-order valence-corrected chi connectivity index (χ0v) is 12.0. The number of methoxy groups -OCH3 is 1. The number of amides is 1. The lowest BCUT2D eigenvalue weighted by Gasteiger charge is -2.27. The Bertz CT molecular complexity index is 433. The molecule has 2 atom stereocenters. The third-order valence-corrected chi connectivity index (χ3v) is 3.86. The molecule has 6 nitrogen and oxygen atoms in total. The molecule has 112 valence electrons. The van der Waals surface area contributed by atoms with E-state index < -0.39 is 0 Å². The van der Waals surface area contributed by atoms with Crippen LogP contribution in [0, 0.1) is 5.92 Å². The van der Waals surface area contributed by atoms with E-state index in [0.29, 0.717) is 25.5 Å². The fourth-order valence-electron chi connectivity index (χ4n) is 2.68. The summed E-state index contributed by atoms with van der Waals surface area (Å²) in [5, 5.41) is 7.05. The maximum Gasteiger partial charge on any atom is 0.224 e. The third-order valence-electron chi connectivity index (χ3n) is 3.86. The van der Waals surface area contributed by atoms with Crippen molar-refractivity contribution in [2.24, 2.45) is 11.7 Å². The van der Waals surface area contributed by atoms with Crippen molar-refractivity contribution in [1.82, 2.24) is 9.78 Å². The summed E-state index contributed by atoms with van der Waals surface area (Å²) in [6, 6.07) is 0.166. The van der Waals surface area contributed by atoms with Gasteiger partial charge >= 0.3 is 0 Å². The molecule has 0 bridgehead atoms. The molecule has 6 heteroatoms. The summed E-state index contributed by atoms with van der Waals surface area (Å²) in [5.41, 5.74) is 6.80. The van der Waals surface area contributed by atoms with Gasteiger partial charge < -0.3 is 15.8 Å². The lowest BCUT2D eigenvalue weighted by atomic mass is 9.83. The molecule has 1 aromatic rings. The first-order chi connectivity index (χ1) is 9.69. The second-order valence-electron chi connectivity index (χ2n) is 5.45. The average molecular weight is 280 g/mol. The van der Waals surface area contributed by atoms with Gasteiger partial charge in [0.15, 0.2) is 0 Å². The predicted molar refractivity (Wildman–Crippen MR) is 77.3 cm³/mol. The Hall–Kier alpha value is -1.40. The van der Waals surface area contributed by atoms with Crippen molar-refractivity contribution in [3.8, 4) is 0 Å². The molecule has 0 spiro atoms. The first-order valence-corrected chi connectivity index (χ1v) is 7.26. The van der Waals surface area contributed by atoms with Crippen LogP contribution in [-0.4, -0.2) is 35.4 Å². The Balaban J connectivity index is 1.80. The summed E-state index contributed by atoms with van der Waals surface area (Å²) in [4.78, 5) is 12.0. The minimum Gasteiger partial charge on any atom is -0.383 e. The van der Waals surface area contributed by atoms with E-state index in [2.05, 4.69) is 10.4 Å². The Kier molecular flexibility index (Phi) is 5.55. The number of carbonyl (C=O) groups excluding carboxylic acids is 1. The van der Waals surface area contributed by atoms with Gasteiger partial charge in [0, 0.05) is 25.8 Å². The number of nitrogens with one attached hydrogen (secondary N) is 1. The molecule has 0 aromatic carbocycles. The summed E-state index contributed by atoms with van der Waals surface area (Å²) in [6.45, 7) is 1.28. The number of hydrogen-bond donors (Lipinski definition) is 2. The average Bonchev–Trinajstić information content (AvgIpc) is 2.86. The van der Waals surface area contributed by atoms with Crippen LogP contribution in [0.5, 0.6) is 0 Å². The Morgan fingerprint density at radius 3 is 3.10 bits per heavy atom. The van der Waals surface area contributed by atoms with Crippen LogP contribution in [0.1, 0.15) is 32.1 Å². The molecule has 1 fully saturated rings. The van der Waals surface area contributed by atoms with Gasteiger partial charge in [0.25, 0.3) is 0 Å². The van der Waals surface area contributed by atoms with Gasteiger partial charge in [-0.3, -0.25) is 9.48 Å². The molecule has 2 rings (SSSR count). The molecule has 1 aliphatic carbocycles. The van der Waals surface area contributed by atoms with E-state index in [-0.39, 0.29) is 11.9 Å². The molecular weight excluding hydrogens is 256 g/mol. The summed E-state index contributed by atoms with van der Waals surface area (Å²) in [7, 11) is 1.65. The number of carbonyl (C=O) groups is 1. The summed E-state index contributed by atoms with van der Waals surface area (Å²) in [5.74, 6) is 0.339. The fourth-order valence-corrected chi connectivity index (χ4v) is 2.68. The fraction of sp³-hybridized carbons (Fsp3) is 0.714. The normalized spacial score (nSPS) is 22.7. The highest BCUT2D eigenvalue weighted by Gasteiger charge is 2.24. The molecular formula is C14H24N4O2. The molecule has 2 unspecified atom stereocenters. The van der Waals surface area contributed by atoms with Crippen LogP contribution in [0.4, 0.5) is 5.69 Å². The van der Waals surface area contributed by atoms with Crippen LogP contribution in [0.2, 0.25) is 0 Å². The van der Waals surface area contributed by atoms with Gasteiger partial charge in [0.1, 0.15) is 0 Å². The molecule has 3 N–H and O–H groups in total. The number of ether oxygens (including phenoxy) is 1. The molecule has 1 aromatic heterocycles. The zero-order chi connectivity index (χ0) is 14.4. The van der Waals surface area contributed by atoms with Crippen molar-refractivity contribution in [1.29, 1.82) is 0 Å². The van der Waals surface area contributed by atoms with Crippen LogP contribution in [0.15, 0.2) is 12.4 Å². The van der Waals surface area contributed by atoms with Gasteiger partial charge in [0.05, 0.1) is 25.0 Å². The minimum atomic E-state index is 0.0265. The Morgan fingerprint density at radius 2 is 2.35 bits per heavy atom. The number of rotatable bonds is 6. The number of anilines is 1. The second-order valence-corrected chi connectivity index (χ2v) is 5.45. The smallest absolute Gasteiger partial charge is 0.224 e. The number of nitrogens with two attached hydrogens (primary N) is 1. The third kappa shape index (κ3) is 4.31. The summed E-state index contributed by atoms with van der Waals surface area (Å²) < 4.78 is 6.74. The van der Waals surface area contributed by atoms with E-state index >= 15 is 0 Å². The first-order valence-electron chi connectivity index (χ1n) is 7.26. The lowest BCUT2D eigenvalue weighted by molar-refractivity contribution is -0.117. The van der Waals surface area contributed by atoms with E-state index in [1.807, 2.05) is 6.20 Å². The predicted octanol–water partition coefficient (Wildman–Crippen LogP) is 1.38. The Morgan fingerprint density at radius 1 is 1.55 bits per heavy atom.